The van der Waals surface area contributed by atoms with Gasteiger partial charge in [-0.05, 0) is 32.0 Å². The molecule has 1 saturated carbocycles. The second kappa shape index (κ2) is 5.59. The topological polar surface area (TPSA) is 58.4 Å². The van der Waals surface area contributed by atoms with Crippen LogP contribution in [0.1, 0.15) is 23.2 Å². The third-order valence-corrected chi connectivity index (χ3v) is 3.51. The van der Waals surface area contributed by atoms with Crippen molar-refractivity contribution in [1.82, 2.24) is 10.2 Å². The number of carbonyl (C=O) groups is 1. The van der Waals surface area contributed by atoms with Crippen LogP contribution in [0.2, 0.25) is 5.02 Å². The third kappa shape index (κ3) is 3.15. The Morgan fingerprint density at radius 3 is 2.89 bits per heavy atom. The van der Waals surface area contributed by atoms with E-state index in [9.17, 15) is 4.79 Å². The maximum absolute atomic E-state index is 12.0. The van der Waals surface area contributed by atoms with Crippen molar-refractivity contribution >= 4 is 23.2 Å². The largest absolute Gasteiger partial charge is 0.398 e. The van der Waals surface area contributed by atoms with Crippen molar-refractivity contribution in [2.45, 2.75) is 18.9 Å². The monoisotopic (exact) mass is 267 g/mol. The lowest BCUT2D eigenvalue weighted by Gasteiger charge is -2.16. The fourth-order valence-corrected chi connectivity index (χ4v) is 2.18. The van der Waals surface area contributed by atoms with E-state index in [1.165, 1.54) is 12.8 Å². The van der Waals surface area contributed by atoms with Crippen LogP contribution in [-0.4, -0.2) is 37.0 Å². The Hall–Kier alpha value is -1.26. The molecule has 1 amide bonds. The molecule has 1 fully saturated rings. The summed E-state index contributed by atoms with van der Waals surface area (Å²) in [4.78, 5) is 14.2. The van der Waals surface area contributed by atoms with Gasteiger partial charge in [0, 0.05) is 24.8 Å². The number of anilines is 1. The molecule has 1 aliphatic carbocycles. The summed E-state index contributed by atoms with van der Waals surface area (Å²) in [6.07, 6.45) is 2.53. The highest BCUT2D eigenvalue weighted by molar-refractivity contribution is 6.34. The summed E-state index contributed by atoms with van der Waals surface area (Å²) >= 11 is 5.98. The Balaban J connectivity index is 1.87. The number of likely N-dealkylation sites (N-methyl/N-ethyl adjacent to an activating group) is 1. The number of nitrogens with zero attached hydrogens (tertiary/aromatic N) is 1. The van der Waals surface area contributed by atoms with Crippen LogP contribution >= 0.6 is 11.6 Å². The van der Waals surface area contributed by atoms with Gasteiger partial charge in [-0.3, -0.25) is 4.79 Å². The van der Waals surface area contributed by atoms with Crippen LogP contribution in [0.25, 0.3) is 0 Å². The minimum absolute atomic E-state index is 0.206. The molecular formula is C13H18ClN3O. The SMILES string of the molecule is CN(CCNC(=O)c1c(N)cccc1Cl)C1CC1. The molecule has 0 spiro atoms. The Morgan fingerprint density at radius 1 is 1.56 bits per heavy atom. The van der Waals surface area contributed by atoms with Gasteiger partial charge in [0.1, 0.15) is 0 Å². The third-order valence-electron chi connectivity index (χ3n) is 3.19. The smallest absolute Gasteiger partial charge is 0.254 e. The van der Waals surface area contributed by atoms with Gasteiger partial charge in [0.25, 0.3) is 5.91 Å². The zero-order valence-corrected chi connectivity index (χ0v) is 11.2. The van der Waals surface area contributed by atoms with Crippen LogP contribution in [0.4, 0.5) is 5.69 Å². The van der Waals surface area contributed by atoms with E-state index in [1.54, 1.807) is 18.2 Å². The summed E-state index contributed by atoms with van der Waals surface area (Å²) in [7, 11) is 2.08. The summed E-state index contributed by atoms with van der Waals surface area (Å²) in [6, 6.07) is 5.78. The number of rotatable bonds is 5. The molecule has 4 nitrogen and oxygen atoms in total. The average Bonchev–Trinajstić information content (AvgIpc) is 3.12. The molecule has 0 heterocycles. The molecule has 0 radical (unpaired) electrons. The number of hydrogen-bond donors (Lipinski definition) is 2. The summed E-state index contributed by atoms with van der Waals surface area (Å²) in [5, 5.41) is 3.24. The highest BCUT2D eigenvalue weighted by Crippen LogP contribution is 2.24. The molecule has 1 aromatic rings. The summed E-state index contributed by atoms with van der Waals surface area (Å²) in [5.74, 6) is -0.206. The van der Waals surface area contributed by atoms with Crippen LogP contribution in [-0.2, 0) is 0 Å². The molecule has 0 saturated heterocycles. The van der Waals surface area contributed by atoms with Crippen molar-refractivity contribution in [2.75, 3.05) is 25.9 Å². The quantitative estimate of drug-likeness (QED) is 0.799. The second-order valence-electron chi connectivity index (χ2n) is 4.67. The minimum Gasteiger partial charge on any atom is -0.398 e. The average molecular weight is 268 g/mol. The van der Waals surface area contributed by atoms with Gasteiger partial charge < -0.3 is 16.0 Å². The van der Waals surface area contributed by atoms with Crippen LogP contribution in [0.3, 0.4) is 0 Å². The number of benzene rings is 1. The standard InChI is InChI=1S/C13H18ClN3O/c1-17(9-5-6-9)8-7-16-13(18)12-10(14)3-2-4-11(12)15/h2-4,9H,5-8,15H2,1H3,(H,16,18). The first kappa shape index (κ1) is 13.2. The number of halogens is 1. The second-order valence-corrected chi connectivity index (χ2v) is 5.08. The fourth-order valence-electron chi connectivity index (χ4n) is 1.91. The van der Waals surface area contributed by atoms with Gasteiger partial charge in [0.15, 0.2) is 0 Å². The molecule has 98 valence electrons. The minimum atomic E-state index is -0.206. The maximum Gasteiger partial charge on any atom is 0.254 e. The van der Waals surface area contributed by atoms with Crippen molar-refractivity contribution in [1.29, 1.82) is 0 Å². The number of nitrogens with one attached hydrogen (secondary N) is 1. The number of amides is 1. The zero-order chi connectivity index (χ0) is 13.1. The molecule has 1 aromatic carbocycles. The van der Waals surface area contributed by atoms with Gasteiger partial charge in [-0.25, -0.2) is 0 Å². The lowest BCUT2D eigenvalue weighted by Crippen LogP contribution is -2.34. The van der Waals surface area contributed by atoms with E-state index in [1.807, 2.05) is 0 Å². The van der Waals surface area contributed by atoms with Gasteiger partial charge in [-0.15, -0.1) is 0 Å². The van der Waals surface area contributed by atoms with Crippen LogP contribution < -0.4 is 11.1 Å². The van der Waals surface area contributed by atoms with Crippen molar-refractivity contribution in [3.63, 3.8) is 0 Å². The van der Waals surface area contributed by atoms with E-state index in [2.05, 4.69) is 17.3 Å². The first-order valence-corrected chi connectivity index (χ1v) is 6.50. The first-order chi connectivity index (χ1) is 8.59. The van der Waals surface area contributed by atoms with Gasteiger partial charge in [-0.2, -0.15) is 0 Å². The normalized spacial score (nSPS) is 14.8. The first-order valence-electron chi connectivity index (χ1n) is 6.12. The molecule has 18 heavy (non-hydrogen) atoms. The summed E-state index contributed by atoms with van der Waals surface area (Å²) in [6.45, 7) is 1.46. The van der Waals surface area contributed by atoms with Gasteiger partial charge in [-0.1, -0.05) is 17.7 Å². The van der Waals surface area contributed by atoms with Crippen molar-refractivity contribution in [3.8, 4) is 0 Å². The lowest BCUT2D eigenvalue weighted by atomic mass is 10.1. The molecule has 0 aliphatic heterocycles. The van der Waals surface area contributed by atoms with E-state index < -0.39 is 0 Å². The van der Waals surface area contributed by atoms with Crippen LogP contribution in [0, 0.1) is 0 Å². The highest BCUT2D eigenvalue weighted by atomic mass is 35.5. The van der Waals surface area contributed by atoms with Crippen molar-refractivity contribution in [2.24, 2.45) is 0 Å². The molecular weight excluding hydrogens is 250 g/mol. The number of carbonyl (C=O) groups excluding carboxylic acids is 1. The molecule has 0 aromatic heterocycles. The number of nitrogen functional groups attached to an aromatic ring is 1. The number of hydrogen-bond acceptors (Lipinski definition) is 3. The lowest BCUT2D eigenvalue weighted by molar-refractivity contribution is 0.0950. The molecule has 0 atom stereocenters. The maximum atomic E-state index is 12.0. The number of nitrogens with two attached hydrogens (primary N) is 1. The predicted molar refractivity (Wildman–Crippen MR) is 73.8 cm³/mol. The molecule has 3 N–H and O–H groups in total. The fraction of sp³-hybridized carbons (Fsp3) is 0.462. The molecule has 5 heteroatoms. The Labute approximate surface area is 112 Å². The molecule has 0 bridgehead atoms. The van der Waals surface area contributed by atoms with E-state index in [0.29, 0.717) is 28.9 Å². The van der Waals surface area contributed by atoms with Crippen LogP contribution in [0.5, 0.6) is 0 Å². The van der Waals surface area contributed by atoms with Crippen molar-refractivity contribution in [3.05, 3.63) is 28.8 Å². The molecule has 0 unspecified atom stereocenters. The van der Waals surface area contributed by atoms with Gasteiger partial charge in [0.05, 0.1) is 10.6 Å². The molecule has 2 rings (SSSR count). The summed E-state index contributed by atoms with van der Waals surface area (Å²) in [5.41, 5.74) is 6.54. The Morgan fingerprint density at radius 2 is 2.28 bits per heavy atom. The van der Waals surface area contributed by atoms with Crippen LogP contribution in [0.15, 0.2) is 18.2 Å². The molecule has 1 aliphatic rings. The van der Waals surface area contributed by atoms with Crippen molar-refractivity contribution < 1.29 is 4.79 Å². The van der Waals surface area contributed by atoms with Gasteiger partial charge in [0.2, 0.25) is 0 Å². The van der Waals surface area contributed by atoms with E-state index in [0.717, 1.165) is 6.54 Å². The highest BCUT2D eigenvalue weighted by Gasteiger charge is 2.25. The Bertz CT molecular complexity index is 426. The van der Waals surface area contributed by atoms with Gasteiger partial charge >= 0.3 is 0 Å². The zero-order valence-electron chi connectivity index (χ0n) is 10.4. The van der Waals surface area contributed by atoms with E-state index in [-0.39, 0.29) is 5.91 Å². The van der Waals surface area contributed by atoms with E-state index in [4.69, 9.17) is 17.3 Å². The predicted octanol–water partition coefficient (Wildman–Crippen LogP) is 1.75. The summed E-state index contributed by atoms with van der Waals surface area (Å²) < 4.78 is 0. The Kier molecular flexibility index (Phi) is 4.09. The van der Waals surface area contributed by atoms with E-state index >= 15 is 0 Å².